The van der Waals surface area contributed by atoms with Crippen LogP contribution in [0.25, 0.3) is 10.9 Å². The molecule has 1 fully saturated rings. The standard InChI is InChI=1S/C25H33ClN2O6/c1-25(2,3)34-23(30)20-12-15(10-11-28(20)24(31)33-5)6-9-21(29)22-17-13-16(32-4)7-8-19(17)27-14-18(22)26/h7-8,13-15,20-21,29H,6,9-12H2,1-5H3/t15?,20-,21+/m0/s1. The van der Waals surface area contributed by atoms with Crippen LogP contribution in [-0.4, -0.2) is 59.5 Å². The van der Waals surface area contributed by atoms with Crippen molar-refractivity contribution in [3.63, 3.8) is 0 Å². The number of fused-ring (bicyclic) bond motifs is 1. The van der Waals surface area contributed by atoms with Crippen molar-refractivity contribution >= 4 is 34.6 Å². The zero-order valence-electron chi connectivity index (χ0n) is 20.3. The number of likely N-dealkylation sites (tertiary alicyclic amines) is 1. The van der Waals surface area contributed by atoms with Gasteiger partial charge in [-0.05, 0) is 70.6 Å². The van der Waals surface area contributed by atoms with Gasteiger partial charge < -0.3 is 19.3 Å². The maximum absolute atomic E-state index is 12.8. The maximum atomic E-state index is 12.8. The van der Waals surface area contributed by atoms with E-state index in [0.29, 0.717) is 48.6 Å². The molecule has 0 saturated carbocycles. The number of hydrogen-bond donors (Lipinski definition) is 1. The summed E-state index contributed by atoms with van der Waals surface area (Å²) in [6.45, 7) is 5.76. The summed E-state index contributed by atoms with van der Waals surface area (Å²) in [6.07, 6.45) is 2.42. The first kappa shape index (κ1) is 26.0. The second-order valence-electron chi connectivity index (χ2n) is 9.60. The van der Waals surface area contributed by atoms with E-state index in [1.54, 1.807) is 34.1 Å². The van der Waals surface area contributed by atoms with Gasteiger partial charge in [0.05, 0.1) is 30.9 Å². The van der Waals surface area contributed by atoms with E-state index in [4.69, 9.17) is 25.8 Å². The Balaban J connectivity index is 1.74. The zero-order valence-corrected chi connectivity index (χ0v) is 21.1. The van der Waals surface area contributed by atoms with E-state index < -0.39 is 29.8 Å². The minimum Gasteiger partial charge on any atom is -0.497 e. The lowest BCUT2D eigenvalue weighted by atomic mass is 9.85. The van der Waals surface area contributed by atoms with Crippen LogP contribution in [-0.2, 0) is 14.3 Å². The smallest absolute Gasteiger partial charge is 0.410 e. The van der Waals surface area contributed by atoms with Gasteiger partial charge in [0, 0.05) is 23.7 Å². The quantitative estimate of drug-likeness (QED) is 0.572. The molecule has 1 saturated heterocycles. The van der Waals surface area contributed by atoms with Crippen molar-refractivity contribution in [2.75, 3.05) is 20.8 Å². The number of rotatable bonds is 6. The third-order valence-corrected chi connectivity index (χ3v) is 6.35. The molecule has 9 heteroatoms. The number of aliphatic hydroxyl groups is 1. The van der Waals surface area contributed by atoms with Gasteiger partial charge in [-0.2, -0.15) is 0 Å². The lowest BCUT2D eigenvalue weighted by molar-refractivity contribution is -0.162. The number of nitrogens with zero attached hydrogens (tertiary/aromatic N) is 2. The molecular formula is C25H33ClN2O6. The number of piperidine rings is 1. The second-order valence-corrected chi connectivity index (χ2v) is 10.0. The largest absolute Gasteiger partial charge is 0.497 e. The summed E-state index contributed by atoms with van der Waals surface area (Å²) in [4.78, 5) is 30.9. The number of amides is 1. The number of carbonyl (C=O) groups excluding carboxylic acids is 2. The Bertz CT molecular complexity index is 1040. The van der Waals surface area contributed by atoms with Gasteiger partial charge in [-0.25, -0.2) is 9.59 Å². The van der Waals surface area contributed by atoms with Gasteiger partial charge >= 0.3 is 12.1 Å². The Morgan fingerprint density at radius 2 is 2.03 bits per heavy atom. The van der Waals surface area contributed by atoms with Gasteiger partial charge in [0.2, 0.25) is 0 Å². The van der Waals surface area contributed by atoms with Crippen molar-refractivity contribution in [1.82, 2.24) is 9.88 Å². The number of benzene rings is 1. The van der Waals surface area contributed by atoms with E-state index >= 15 is 0 Å². The van der Waals surface area contributed by atoms with Crippen LogP contribution in [0.4, 0.5) is 4.79 Å². The zero-order chi connectivity index (χ0) is 25.0. The van der Waals surface area contributed by atoms with E-state index in [1.807, 2.05) is 18.2 Å². The monoisotopic (exact) mass is 492 g/mol. The van der Waals surface area contributed by atoms with Crippen LogP contribution in [0.5, 0.6) is 5.75 Å². The average Bonchev–Trinajstić information content (AvgIpc) is 2.80. The molecule has 8 nitrogen and oxygen atoms in total. The van der Waals surface area contributed by atoms with Crippen LogP contribution in [0.2, 0.25) is 5.02 Å². The number of esters is 1. The lowest BCUT2D eigenvalue weighted by Gasteiger charge is -2.38. The van der Waals surface area contributed by atoms with E-state index in [9.17, 15) is 14.7 Å². The number of methoxy groups -OCH3 is 2. The maximum Gasteiger partial charge on any atom is 0.410 e. The SMILES string of the molecule is COC(=O)N1CCC(CC[C@@H](O)c2c(Cl)cnc3ccc(OC)cc23)C[C@H]1C(=O)OC(C)(C)C. The number of halogens is 1. The summed E-state index contributed by atoms with van der Waals surface area (Å²) in [7, 11) is 2.88. The summed E-state index contributed by atoms with van der Waals surface area (Å²) in [5, 5.41) is 12.2. The number of carbonyl (C=O) groups is 2. The van der Waals surface area contributed by atoms with Gasteiger partial charge in [0.1, 0.15) is 17.4 Å². The third-order valence-electron chi connectivity index (χ3n) is 6.05. The highest BCUT2D eigenvalue weighted by atomic mass is 35.5. The summed E-state index contributed by atoms with van der Waals surface area (Å²) < 4.78 is 15.8. The molecule has 2 aromatic rings. The molecule has 0 aliphatic carbocycles. The summed E-state index contributed by atoms with van der Waals surface area (Å²) >= 11 is 6.43. The fraction of sp³-hybridized carbons (Fsp3) is 0.560. The first-order valence-electron chi connectivity index (χ1n) is 11.4. The van der Waals surface area contributed by atoms with Crippen molar-refractivity contribution in [2.24, 2.45) is 5.92 Å². The molecule has 1 N–H and O–H groups in total. The lowest BCUT2D eigenvalue weighted by Crippen LogP contribution is -2.51. The van der Waals surface area contributed by atoms with Crippen LogP contribution in [0.3, 0.4) is 0 Å². The molecule has 1 aliphatic heterocycles. The molecule has 0 bridgehead atoms. The van der Waals surface area contributed by atoms with Crippen molar-refractivity contribution in [2.45, 2.75) is 64.2 Å². The first-order valence-corrected chi connectivity index (χ1v) is 11.8. The number of aliphatic hydroxyl groups excluding tert-OH is 1. The fourth-order valence-electron chi connectivity index (χ4n) is 4.40. The highest BCUT2D eigenvalue weighted by Gasteiger charge is 2.39. The molecule has 0 radical (unpaired) electrons. The highest BCUT2D eigenvalue weighted by molar-refractivity contribution is 6.32. The molecule has 1 aliphatic rings. The molecule has 2 heterocycles. The van der Waals surface area contributed by atoms with Crippen molar-refractivity contribution in [3.8, 4) is 5.75 Å². The third kappa shape index (κ3) is 6.10. The summed E-state index contributed by atoms with van der Waals surface area (Å²) in [5.41, 5.74) is 0.666. The van der Waals surface area contributed by atoms with Gasteiger partial charge in [0.25, 0.3) is 0 Å². The highest BCUT2D eigenvalue weighted by Crippen LogP contribution is 2.36. The second kappa shape index (κ2) is 10.8. The van der Waals surface area contributed by atoms with E-state index in [0.717, 1.165) is 10.9 Å². The topological polar surface area (TPSA) is 98.2 Å². The van der Waals surface area contributed by atoms with Crippen LogP contribution in [0.1, 0.15) is 58.1 Å². The molecule has 1 aromatic heterocycles. The van der Waals surface area contributed by atoms with Crippen LogP contribution < -0.4 is 4.74 Å². The van der Waals surface area contributed by atoms with Crippen LogP contribution in [0, 0.1) is 5.92 Å². The minimum absolute atomic E-state index is 0.120. The molecular weight excluding hydrogens is 460 g/mol. The molecule has 0 spiro atoms. The van der Waals surface area contributed by atoms with Crippen LogP contribution >= 0.6 is 11.6 Å². The van der Waals surface area contributed by atoms with Crippen molar-refractivity contribution < 1.29 is 28.9 Å². The number of hydrogen-bond acceptors (Lipinski definition) is 7. The molecule has 34 heavy (non-hydrogen) atoms. The normalized spacial score (nSPS) is 19.6. The molecule has 1 unspecified atom stereocenters. The van der Waals surface area contributed by atoms with Crippen molar-refractivity contribution in [1.29, 1.82) is 0 Å². The Morgan fingerprint density at radius 3 is 2.68 bits per heavy atom. The Labute approximate surface area is 205 Å². The number of ether oxygens (including phenoxy) is 3. The Morgan fingerprint density at radius 1 is 1.29 bits per heavy atom. The van der Waals surface area contributed by atoms with Gasteiger partial charge in [-0.15, -0.1) is 0 Å². The van der Waals surface area contributed by atoms with Crippen molar-refractivity contribution in [3.05, 3.63) is 35.0 Å². The Kier molecular flexibility index (Phi) is 8.25. The Hall–Kier alpha value is -2.58. The predicted molar refractivity (Wildman–Crippen MR) is 129 cm³/mol. The molecule has 3 rings (SSSR count). The van der Waals surface area contributed by atoms with Gasteiger partial charge in [-0.3, -0.25) is 9.88 Å². The number of aromatic nitrogens is 1. The van der Waals surface area contributed by atoms with E-state index in [2.05, 4.69) is 4.98 Å². The first-order chi connectivity index (χ1) is 16.0. The van der Waals surface area contributed by atoms with E-state index in [1.165, 1.54) is 12.0 Å². The van der Waals surface area contributed by atoms with E-state index in [-0.39, 0.29) is 5.92 Å². The van der Waals surface area contributed by atoms with Crippen LogP contribution in [0.15, 0.2) is 24.4 Å². The molecule has 1 amide bonds. The predicted octanol–water partition coefficient (Wildman–Crippen LogP) is 4.90. The minimum atomic E-state index is -0.816. The summed E-state index contributed by atoms with van der Waals surface area (Å²) in [6, 6.07) is 4.73. The summed E-state index contributed by atoms with van der Waals surface area (Å²) in [5.74, 6) is 0.327. The van der Waals surface area contributed by atoms with Gasteiger partial charge in [-0.1, -0.05) is 11.6 Å². The average molecular weight is 493 g/mol. The fourth-order valence-corrected chi connectivity index (χ4v) is 4.68. The van der Waals surface area contributed by atoms with Gasteiger partial charge in [0.15, 0.2) is 0 Å². The molecule has 1 aromatic carbocycles. The molecule has 186 valence electrons. The molecule has 3 atom stereocenters. The number of pyridine rings is 1.